The Balaban J connectivity index is 2.00. The number of carbonyl (C=O) groups is 1. The molecule has 100 valence electrons. The summed E-state index contributed by atoms with van der Waals surface area (Å²) in [7, 11) is 0. The van der Waals surface area contributed by atoms with E-state index in [4.69, 9.17) is 10.5 Å². The van der Waals surface area contributed by atoms with E-state index >= 15 is 0 Å². The lowest BCUT2D eigenvalue weighted by Gasteiger charge is -2.15. The van der Waals surface area contributed by atoms with Crippen molar-refractivity contribution in [3.63, 3.8) is 0 Å². The second-order valence-electron chi connectivity index (χ2n) is 5.31. The van der Waals surface area contributed by atoms with Gasteiger partial charge in [0, 0.05) is 25.8 Å². The molecule has 0 radical (unpaired) electrons. The summed E-state index contributed by atoms with van der Waals surface area (Å²) in [6, 6.07) is 0.0622. The molecular weight excluding hydrogens is 216 g/mol. The van der Waals surface area contributed by atoms with Gasteiger partial charge in [-0.15, -0.1) is 0 Å². The van der Waals surface area contributed by atoms with E-state index in [0.29, 0.717) is 12.5 Å². The Labute approximate surface area is 104 Å². The molecule has 0 aromatic carbocycles. The van der Waals surface area contributed by atoms with E-state index in [1.807, 2.05) is 0 Å². The number of ether oxygens (including phenoxy) is 1. The molecule has 0 spiro atoms. The Hall–Kier alpha value is -0.610. The summed E-state index contributed by atoms with van der Waals surface area (Å²) < 4.78 is 5.45. The van der Waals surface area contributed by atoms with Gasteiger partial charge in [0.15, 0.2) is 0 Å². The van der Waals surface area contributed by atoms with Crippen molar-refractivity contribution >= 4 is 5.91 Å². The largest absolute Gasteiger partial charge is 0.381 e. The Bertz CT molecular complexity index is 231. The zero-order chi connectivity index (χ0) is 12.7. The lowest BCUT2D eigenvalue weighted by Crippen LogP contribution is -2.39. The van der Waals surface area contributed by atoms with Gasteiger partial charge in [0.25, 0.3) is 0 Å². The smallest absolute Gasteiger partial charge is 0.224 e. The maximum Gasteiger partial charge on any atom is 0.224 e. The third kappa shape index (κ3) is 5.50. The van der Waals surface area contributed by atoms with Crippen molar-refractivity contribution in [3.8, 4) is 0 Å². The summed E-state index contributed by atoms with van der Waals surface area (Å²) >= 11 is 0. The number of nitrogens with two attached hydrogens (primary N) is 1. The summed E-state index contributed by atoms with van der Waals surface area (Å²) in [4.78, 5) is 11.8. The van der Waals surface area contributed by atoms with E-state index in [1.165, 1.54) is 0 Å². The first-order chi connectivity index (χ1) is 8.11. The average Bonchev–Trinajstić information content (AvgIpc) is 2.69. The SMILES string of the molecule is CC(C)COCCCNC(=O)C1CCCC1N. The number of hydrogen-bond donors (Lipinski definition) is 2. The van der Waals surface area contributed by atoms with Crippen LogP contribution in [0.2, 0.25) is 0 Å². The molecule has 0 bridgehead atoms. The summed E-state index contributed by atoms with van der Waals surface area (Å²) in [5, 5.41) is 2.94. The zero-order valence-corrected chi connectivity index (χ0v) is 11.1. The van der Waals surface area contributed by atoms with Crippen LogP contribution >= 0.6 is 0 Å². The van der Waals surface area contributed by atoms with Crippen molar-refractivity contribution in [1.82, 2.24) is 5.32 Å². The summed E-state index contributed by atoms with van der Waals surface area (Å²) in [6.07, 6.45) is 3.88. The number of hydrogen-bond acceptors (Lipinski definition) is 3. The van der Waals surface area contributed by atoms with Crippen LogP contribution in [0, 0.1) is 11.8 Å². The molecule has 4 nitrogen and oxygen atoms in total. The van der Waals surface area contributed by atoms with E-state index in [2.05, 4.69) is 19.2 Å². The fourth-order valence-corrected chi connectivity index (χ4v) is 2.15. The predicted molar refractivity (Wildman–Crippen MR) is 68.6 cm³/mol. The van der Waals surface area contributed by atoms with Gasteiger partial charge in [-0.2, -0.15) is 0 Å². The molecule has 0 aliphatic heterocycles. The summed E-state index contributed by atoms with van der Waals surface area (Å²) in [5.74, 6) is 0.728. The van der Waals surface area contributed by atoms with Gasteiger partial charge in [-0.05, 0) is 25.2 Å². The van der Waals surface area contributed by atoms with Crippen LogP contribution in [0.15, 0.2) is 0 Å². The van der Waals surface area contributed by atoms with E-state index < -0.39 is 0 Å². The quantitative estimate of drug-likeness (QED) is 0.661. The van der Waals surface area contributed by atoms with Crippen molar-refractivity contribution in [2.75, 3.05) is 19.8 Å². The molecule has 17 heavy (non-hydrogen) atoms. The standard InChI is InChI=1S/C13H26N2O2/c1-10(2)9-17-8-4-7-15-13(16)11-5-3-6-12(11)14/h10-12H,3-9,14H2,1-2H3,(H,15,16). The van der Waals surface area contributed by atoms with Crippen LogP contribution in [0.3, 0.4) is 0 Å². The minimum atomic E-state index is 0.0339. The van der Waals surface area contributed by atoms with Gasteiger partial charge in [-0.25, -0.2) is 0 Å². The van der Waals surface area contributed by atoms with Gasteiger partial charge in [0.2, 0.25) is 5.91 Å². The lowest BCUT2D eigenvalue weighted by atomic mass is 10.0. The van der Waals surface area contributed by atoms with Crippen LogP contribution in [0.1, 0.15) is 39.5 Å². The fourth-order valence-electron chi connectivity index (χ4n) is 2.15. The highest BCUT2D eigenvalue weighted by molar-refractivity contribution is 5.79. The monoisotopic (exact) mass is 242 g/mol. The fraction of sp³-hybridized carbons (Fsp3) is 0.923. The van der Waals surface area contributed by atoms with Gasteiger partial charge in [0.05, 0.1) is 5.92 Å². The minimum absolute atomic E-state index is 0.0339. The van der Waals surface area contributed by atoms with Crippen molar-refractivity contribution in [2.45, 2.75) is 45.6 Å². The third-order valence-electron chi connectivity index (χ3n) is 3.12. The first-order valence-electron chi connectivity index (χ1n) is 6.72. The Morgan fingerprint density at radius 3 is 2.82 bits per heavy atom. The Morgan fingerprint density at radius 2 is 2.24 bits per heavy atom. The van der Waals surface area contributed by atoms with E-state index in [0.717, 1.165) is 38.9 Å². The molecule has 2 atom stereocenters. The number of carbonyl (C=O) groups excluding carboxylic acids is 1. The second-order valence-corrected chi connectivity index (χ2v) is 5.31. The highest BCUT2D eigenvalue weighted by Gasteiger charge is 2.29. The number of rotatable bonds is 7. The predicted octanol–water partition coefficient (Wildman–Crippen LogP) is 1.29. The number of amides is 1. The Morgan fingerprint density at radius 1 is 1.47 bits per heavy atom. The third-order valence-corrected chi connectivity index (χ3v) is 3.12. The molecule has 1 amide bonds. The van der Waals surface area contributed by atoms with Crippen molar-refractivity contribution in [3.05, 3.63) is 0 Å². The highest BCUT2D eigenvalue weighted by Crippen LogP contribution is 2.23. The molecular formula is C13H26N2O2. The van der Waals surface area contributed by atoms with Crippen LogP contribution in [-0.2, 0) is 9.53 Å². The maximum atomic E-state index is 11.8. The first-order valence-corrected chi connectivity index (χ1v) is 6.72. The van der Waals surface area contributed by atoms with E-state index in [9.17, 15) is 4.79 Å². The molecule has 0 saturated heterocycles. The van der Waals surface area contributed by atoms with Gasteiger partial charge in [-0.3, -0.25) is 4.79 Å². The molecule has 3 N–H and O–H groups in total. The van der Waals surface area contributed by atoms with Crippen molar-refractivity contribution in [2.24, 2.45) is 17.6 Å². The van der Waals surface area contributed by atoms with Gasteiger partial charge in [-0.1, -0.05) is 20.3 Å². The molecule has 1 fully saturated rings. The molecule has 1 rings (SSSR count). The van der Waals surface area contributed by atoms with Crippen LogP contribution in [0.5, 0.6) is 0 Å². The summed E-state index contributed by atoms with van der Waals surface area (Å²) in [5.41, 5.74) is 5.88. The van der Waals surface area contributed by atoms with E-state index in [-0.39, 0.29) is 17.9 Å². The molecule has 4 heteroatoms. The van der Waals surface area contributed by atoms with Gasteiger partial charge < -0.3 is 15.8 Å². The lowest BCUT2D eigenvalue weighted by molar-refractivity contribution is -0.125. The normalized spacial score (nSPS) is 24.2. The van der Waals surface area contributed by atoms with Crippen molar-refractivity contribution < 1.29 is 9.53 Å². The molecule has 1 aliphatic carbocycles. The topological polar surface area (TPSA) is 64.3 Å². The number of nitrogens with one attached hydrogen (secondary N) is 1. The molecule has 1 aliphatic rings. The molecule has 1 saturated carbocycles. The maximum absolute atomic E-state index is 11.8. The summed E-state index contributed by atoms with van der Waals surface area (Å²) in [6.45, 7) is 6.46. The first kappa shape index (κ1) is 14.5. The molecule has 0 aromatic heterocycles. The van der Waals surface area contributed by atoms with Crippen LogP contribution < -0.4 is 11.1 Å². The van der Waals surface area contributed by atoms with Gasteiger partial charge in [0.1, 0.15) is 0 Å². The minimum Gasteiger partial charge on any atom is -0.381 e. The van der Waals surface area contributed by atoms with Crippen LogP contribution in [0.4, 0.5) is 0 Å². The molecule has 0 aromatic rings. The average molecular weight is 242 g/mol. The second kappa shape index (κ2) is 7.67. The Kier molecular flexibility index (Phi) is 6.52. The van der Waals surface area contributed by atoms with Crippen LogP contribution in [0.25, 0.3) is 0 Å². The highest BCUT2D eigenvalue weighted by atomic mass is 16.5. The van der Waals surface area contributed by atoms with Crippen LogP contribution in [-0.4, -0.2) is 31.7 Å². The molecule has 2 unspecified atom stereocenters. The van der Waals surface area contributed by atoms with E-state index in [1.54, 1.807) is 0 Å². The van der Waals surface area contributed by atoms with Crippen molar-refractivity contribution in [1.29, 1.82) is 0 Å². The molecule has 0 heterocycles. The van der Waals surface area contributed by atoms with Gasteiger partial charge >= 0.3 is 0 Å². The zero-order valence-electron chi connectivity index (χ0n) is 11.1.